The van der Waals surface area contributed by atoms with Crippen molar-refractivity contribution in [1.82, 2.24) is 0 Å². The van der Waals surface area contributed by atoms with Gasteiger partial charge in [0, 0.05) is 5.56 Å². The zero-order valence-corrected chi connectivity index (χ0v) is 8.80. The molecule has 0 saturated carbocycles. The molecule has 5 heteroatoms. The Morgan fingerprint density at radius 3 is 2.50 bits per heavy atom. The minimum Gasteiger partial charge on any atom is -0.479 e. The summed E-state index contributed by atoms with van der Waals surface area (Å²) in [5.74, 6) is -1.35. The average molecular weight is 235 g/mol. The second-order valence-electron chi connectivity index (χ2n) is 2.89. The lowest BCUT2D eigenvalue weighted by atomic mass is 10.1. The van der Waals surface area contributed by atoms with Crippen LogP contribution in [0.1, 0.15) is 17.2 Å². The van der Waals surface area contributed by atoms with E-state index in [9.17, 15) is 9.90 Å². The largest absolute Gasteiger partial charge is 0.479 e. The second kappa shape index (κ2) is 4.17. The highest BCUT2D eigenvalue weighted by Crippen LogP contribution is 2.31. The number of carboxylic acid groups (broad SMARTS) is 1. The number of hydrogen-bond acceptors (Lipinski definition) is 2. The van der Waals surface area contributed by atoms with E-state index in [1.807, 2.05) is 0 Å². The van der Waals surface area contributed by atoms with Crippen LogP contribution in [0.15, 0.2) is 12.1 Å². The quantitative estimate of drug-likeness (QED) is 0.827. The lowest BCUT2D eigenvalue weighted by molar-refractivity contribution is -0.146. The van der Waals surface area contributed by atoms with Gasteiger partial charge in [0.25, 0.3) is 0 Å². The molecule has 0 heterocycles. The molecule has 3 nitrogen and oxygen atoms in total. The number of aliphatic hydroxyl groups excluding tert-OH is 1. The summed E-state index contributed by atoms with van der Waals surface area (Å²) in [5, 5.41) is 18.2. The van der Waals surface area contributed by atoms with Crippen LogP contribution in [0.2, 0.25) is 10.0 Å². The zero-order chi connectivity index (χ0) is 10.9. The second-order valence-corrected chi connectivity index (χ2v) is 3.68. The molecular weight excluding hydrogens is 227 g/mol. The molecule has 0 saturated heterocycles. The fourth-order valence-electron chi connectivity index (χ4n) is 1.08. The molecule has 1 aromatic rings. The maximum Gasteiger partial charge on any atom is 0.337 e. The van der Waals surface area contributed by atoms with Crippen LogP contribution in [0.3, 0.4) is 0 Å². The Bertz CT molecular complexity index is 377. The minimum atomic E-state index is -1.64. The summed E-state index contributed by atoms with van der Waals surface area (Å²) in [6, 6.07) is 3.09. The van der Waals surface area contributed by atoms with Gasteiger partial charge in [-0.3, -0.25) is 0 Å². The molecule has 0 amide bonds. The Morgan fingerprint density at radius 1 is 1.43 bits per heavy atom. The standard InChI is InChI=1S/C9H8Cl2O3/c1-4-2-5(8(12)9(13)14)7(11)6(10)3-4/h2-3,8,12H,1H3,(H,13,14). The predicted octanol–water partition coefficient (Wildman–Crippen LogP) is 2.42. The van der Waals surface area contributed by atoms with Crippen molar-refractivity contribution in [3.05, 3.63) is 33.3 Å². The molecular formula is C9H8Cl2O3. The summed E-state index contributed by atoms with van der Waals surface area (Å²) in [4.78, 5) is 10.5. The molecule has 76 valence electrons. The van der Waals surface area contributed by atoms with Crippen molar-refractivity contribution in [3.63, 3.8) is 0 Å². The SMILES string of the molecule is Cc1cc(Cl)c(Cl)c(C(O)C(=O)O)c1. The number of rotatable bonds is 2. The van der Waals surface area contributed by atoms with Crippen molar-refractivity contribution < 1.29 is 15.0 Å². The van der Waals surface area contributed by atoms with Crippen molar-refractivity contribution >= 4 is 29.2 Å². The Morgan fingerprint density at radius 2 is 2.00 bits per heavy atom. The van der Waals surface area contributed by atoms with Crippen LogP contribution in [-0.4, -0.2) is 16.2 Å². The highest BCUT2D eigenvalue weighted by atomic mass is 35.5. The highest BCUT2D eigenvalue weighted by Gasteiger charge is 2.20. The molecule has 0 radical (unpaired) electrons. The lowest BCUT2D eigenvalue weighted by Crippen LogP contribution is -2.11. The van der Waals surface area contributed by atoms with Gasteiger partial charge in [0.05, 0.1) is 10.0 Å². The molecule has 0 fully saturated rings. The van der Waals surface area contributed by atoms with Gasteiger partial charge < -0.3 is 10.2 Å². The van der Waals surface area contributed by atoms with E-state index in [1.54, 1.807) is 13.0 Å². The molecule has 14 heavy (non-hydrogen) atoms. The van der Waals surface area contributed by atoms with E-state index >= 15 is 0 Å². The number of hydrogen-bond donors (Lipinski definition) is 2. The van der Waals surface area contributed by atoms with Gasteiger partial charge in [-0.15, -0.1) is 0 Å². The average Bonchev–Trinajstić information content (AvgIpc) is 2.09. The molecule has 1 rings (SSSR count). The third-order valence-electron chi connectivity index (χ3n) is 1.73. The Kier molecular flexibility index (Phi) is 3.37. The Balaban J connectivity index is 3.26. The summed E-state index contributed by atoms with van der Waals surface area (Å²) in [6.45, 7) is 1.74. The third-order valence-corrected chi connectivity index (χ3v) is 2.55. The normalized spacial score (nSPS) is 12.6. The van der Waals surface area contributed by atoms with Crippen LogP contribution >= 0.6 is 23.2 Å². The van der Waals surface area contributed by atoms with Crippen LogP contribution in [-0.2, 0) is 4.79 Å². The molecule has 0 spiro atoms. The monoisotopic (exact) mass is 234 g/mol. The number of aryl methyl sites for hydroxylation is 1. The summed E-state index contributed by atoms with van der Waals surface area (Å²) in [6.07, 6.45) is -1.64. The van der Waals surface area contributed by atoms with Crippen molar-refractivity contribution in [2.75, 3.05) is 0 Å². The van der Waals surface area contributed by atoms with E-state index in [1.165, 1.54) is 6.07 Å². The van der Waals surface area contributed by atoms with E-state index in [-0.39, 0.29) is 15.6 Å². The smallest absolute Gasteiger partial charge is 0.337 e. The van der Waals surface area contributed by atoms with Gasteiger partial charge >= 0.3 is 5.97 Å². The van der Waals surface area contributed by atoms with Gasteiger partial charge in [0.15, 0.2) is 6.10 Å². The van der Waals surface area contributed by atoms with E-state index in [0.717, 1.165) is 5.56 Å². The van der Waals surface area contributed by atoms with Gasteiger partial charge in [-0.25, -0.2) is 4.79 Å². The summed E-state index contributed by atoms with van der Waals surface area (Å²) >= 11 is 11.5. The Labute approximate surface area is 90.9 Å². The molecule has 0 aliphatic rings. The van der Waals surface area contributed by atoms with Gasteiger partial charge in [0.1, 0.15) is 0 Å². The summed E-state index contributed by atoms with van der Waals surface area (Å²) in [5.41, 5.74) is 0.860. The number of halogens is 2. The maximum absolute atomic E-state index is 10.5. The third kappa shape index (κ3) is 2.18. The van der Waals surface area contributed by atoms with Crippen LogP contribution in [0.5, 0.6) is 0 Å². The summed E-state index contributed by atoms with van der Waals surface area (Å²) in [7, 11) is 0. The van der Waals surface area contributed by atoms with E-state index in [4.69, 9.17) is 28.3 Å². The first-order valence-electron chi connectivity index (χ1n) is 3.80. The van der Waals surface area contributed by atoms with Crippen LogP contribution in [0, 0.1) is 6.92 Å². The maximum atomic E-state index is 10.5. The topological polar surface area (TPSA) is 57.5 Å². The predicted molar refractivity (Wildman–Crippen MR) is 53.8 cm³/mol. The van der Waals surface area contributed by atoms with Gasteiger partial charge in [-0.05, 0) is 18.6 Å². The fraction of sp³-hybridized carbons (Fsp3) is 0.222. The first kappa shape index (κ1) is 11.3. The molecule has 1 aromatic carbocycles. The molecule has 0 aromatic heterocycles. The van der Waals surface area contributed by atoms with Crippen molar-refractivity contribution in [2.45, 2.75) is 13.0 Å². The molecule has 1 unspecified atom stereocenters. The molecule has 0 bridgehead atoms. The summed E-state index contributed by atoms with van der Waals surface area (Å²) < 4.78 is 0. The van der Waals surface area contributed by atoms with E-state index < -0.39 is 12.1 Å². The fourth-order valence-corrected chi connectivity index (χ4v) is 1.58. The number of carboxylic acids is 1. The first-order chi connectivity index (χ1) is 6.43. The number of carbonyl (C=O) groups is 1. The minimum absolute atomic E-state index is 0.0761. The van der Waals surface area contributed by atoms with E-state index in [0.29, 0.717) is 0 Å². The first-order valence-corrected chi connectivity index (χ1v) is 4.55. The van der Waals surface area contributed by atoms with E-state index in [2.05, 4.69) is 0 Å². The Hall–Kier alpha value is -0.770. The van der Waals surface area contributed by atoms with Crippen LogP contribution in [0.4, 0.5) is 0 Å². The van der Waals surface area contributed by atoms with Crippen molar-refractivity contribution in [1.29, 1.82) is 0 Å². The van der Waals surface area contributed by atoms with Crippen LogP contribution in [0.25, 0.3) is 0 Å². The van der Waals surface area contributed by atoms with Gasteiger partial charge in [0.2, 0.25) is 0 Å². The molecule has 1 atom stereocenters. The van der Waals surface area contributed by atoms with Crippen molar-refractivity contribution in [3.8, 4) is 0 Å². The number of benzene rings is 1. The van der Waals surface area contributed by atoms with Gasteiger partial charge in [-0.1, -0.05) is 29.3 Å². The van der Waals surface area contributed by atoms with Crippen molar-refractivity contribution in [2.24, 2.45) is 0 Å². The number of aliphatic carboxylic acids is 1. The molecule has 0 aliphatic carbocycles. The van der Waals surface area contributed by atoms with Gasteiger partial charge in [-0.2, -0.15) is 0 Å². The number of aliphatic hydroxyl groups is 1. The van der Waals surface area contributed by atoms with Crippen LogP contribution < -0.4 is 0 Å². The molecule has 2 N–H and O–H groups in total. The molecule has 0 aliphatic heterocycles. The zero-order valence-electron chi connectivity index (χ0n) is 7.29. The lowest BCUT2D eigenvalue weighted by Gasteiger charge is -2.10. The highest BCUT2D eigenvalue weighted by molar-refractivity contribution is 6.42.